The highest BCUT2D eigenvalue weighted by Crippen LogP contribution is 2.28. The van der Waals surface area contributed by atoms with Crippen molar-refractivity contribution in [1.29, 1.82) is 0 Å². The Morgan fingerprint density at radius 2 is 1.78 bits per heavy atom. The number of carbonyl (C=O) groups is 1. The van der Waals surface area contributed by atoms with Gasteiger partial charge < -0.3 is 19.7 Å². The molecule has 2 aromatic carbocycles. The number of morpholine rings is 1. The van der Waals surface area contributed by atoms with Crippen molar-refractivity contribution >= 4 is 28.2 Å². The maximum absolute atomic E-state index is 12.9. The topological polar surface area (TPSA) is 63.7 Å². The van der Waals surface area contributed by atoms with Gasteiger partial charge in [-0.1, -0.05) is 24.3 Å². The molecule has 1 N–H and O–H groups in total. The highest BCUT2D eigenvalue weighted by atomic mass is 16.5. The minimum atomic E-state index is -0.183. The van der Waals surface area contributed by atoms with Crippen LogP contribution in [0.1, 0.15) is 10.4 Å². The molecule has 1 aromatic heterocycles. The average Bonchev–Trinajstić information content (AvgIpc) is 2.74. The molecule has 1 aliphatic rings. The van der Waals surface area contributed by atoms with Gasteiger partial charge in [0.15, 0.2) is 0 Å². The summed E-state index contributed by atoms with van der Waals surface area (Å²) in [6, 6.07) is 15.1. The SMILES string of the molecule is COc1ccc(NC(=O)c2cnc(N3CCOCC3)c3ccccc23)cc1. The van der Waals surface area contributed by atoms with Crippen molar-refractivity contribution in [2.75, 3.05) is 43.6 Å². The van der Waals surface area contributed by atoms with Crippen LogP contribution < -0.4 is 15.0 Å². The molecule has 0 radical (unpaired) electrons. The number of rotatable bonds is 4. The number of aromatic nitrogens is 1. The Balaban J connectivity index is 1.66. The van der Waals surface area contributed by atoms with Gasteiger partial charge in [-0.2, -0.15) is 0 Å². The number of hydrogen-bond acceptors (Lipinski definition) is 5. The molecule has 4 rings (SSSR count). The maximum atomic E-state index is 12.9. The van der Waals surface area contributed by atoms with Gasteiger partial charge in [-0.3, -0.25) is 4.79 Å². The molecule has 1 saturated heterocycles. The molecule has 138 valence electrons. The van der Waals surface area contributed by atoms with Crippen LogP contribution in [0.4, 0.5) is 11.5 Å². The molecule has 0 bridgehead atoms. The second-order valence-corrected chi connectivity index (χ2v) is 6.32. The number of anilines is 2. The predicted molar refractivity (Wildman–Crippen MR) is 106 cm³/mol. The van der Waals surface area contributed by atoms with Crippen molar-refractivity contribution in [2.24, 2.45) is 0 Å². The third kappa shape index (κ3) is 3.57. The molecule has 0 spiro atoms. The van der Waals surface area contributed by atoms with Gasteiger partial charge in [-0.25, -0.2) is 4.98 Å². The lowest BCUT2D eigenvalue weighted by Gasteiger charge is -2.29. The van der Waals surface area contributed by atoms with E-state index >= 15 is 0 Å². The fourth-order valence-corrected chi connectivity index (χ4v) is 3.26. The molecule has 0 saturated carbocycles. The largest absolute Gasteiger partial charge is 0.497 e. The van der Waals surface area contributed by atoms with E-state index in [1.165, 1.54) is 0 Å². The van der Waals surface area contributed by atoms with Crippen LogP contribution in [-0.2, 0) is 4.74 Å². The number of carbonyl (C=O) groups excluding carboxylic acids is 1. The van der Waals surface area contributed by atoms with E-state index in [9.17, 15) is 4.79 Å². The highest BCUT2D eigenvalue weighted by Gasteiger charge is 2.19. The fourth-order valence-electron chi connectivity index (χ4n) is 3.26. The van der Waals surface area contributed by atoms with Gasteiger partial charge in [-0.15, -0.1) is 0 Å². The number of pyridine rings is 1. The Morgan fingerprint density at radius 3 is 2.48 bits per heavy atom. The highest BCUT2D eigenvalue weighted by molar-refractivity contribution is 6.14. The van der Waals surface area contributed by atoms with Crippen LogP contribution >= 0.6 is 0 Å². The summed E-state index contributed by atoms with van der Waals surface area (Å²) in [5.41, 5.74) is 1.26. The molecule has 3 aromatic rings. The second kappa shape index (κ2) is 7.63. The minimum absolute atomic E-state index is 0.183. The Morgan fingerprint density at radius 1 is 1.07 bits per heavy atom. The quantitative estimate of drug-likeness (QED) is 0.770. The first kappa shape index (κ1) is 17.3. The zero-order chi connectivity index (χ0) is 18.6. The van der Waals surface area contributed by atoms with Gasteiger partial charge in [0, 0.05) is 30.4 Å². The standard InChI is InChI=1S/C21H21N3O3/c1-26-16-8-6-15(7-9-16)23-21(25)19-14-22-20(24-10-12-27-13-11-24)18-5-3-2-4-17(18)19/h2-9,14H,10-13H2,1H3,(H,23,25). The molecule has 27 heavy (non-hydrogen) atoms. The average molecular weight is 363 g/mol. The van der Waals surface area contributed by atoms with Crippen LogP contribution in [0.3, 0.4) is 0 Å². The zero-order valence-corrected chi connectivity index (χ0v) is 15.1. The summed E-state index contributed by atoms with van der Waals surface area (Å²) in [6.07, 6.45) is 1.66. The number of hydrogen-bond donors (Lipinski definition) is 1. The van der Waals surface area contributed by atoms with Gasteiger partial charge in [0.25, 0.3) is 5.91 Å². The lowest BCUT2D eigenvalue weighted by molar-refractivity contribution is 0.102. The summed E-state index contributed by atoms with van der Waals surface area (Å²) in [4.78, 5) is 19.7. The molecule has 0 aliphatic carbocycles. The molecule has 1 amide bonds. The number of amides is 1. The van der Waals surface area contributed by atoms with Crippen molar-refractivity contribution in [1.82, 2.24) is 4.98 Å². The lowest BCUT2D eigenvalue weighted by Crippen LogP contribution is -2.37. The monoisotopic (exact) mass is 363 g/mol. The predicted octanol–water partition coefficient (Wildman–Crippen LogP) is 3.33. The Bertz CT molecular complexity index is 951. The molecule has 0 unspecified atom stereocenters. The van der Waals surface area contributed by atoms with Crippen molar-refractivity contribution in [3.63, 3.8) is 0 Å². The molecule has 0 atom stereocenters. The van der Waals surface area contributed by atoms with E-state index in [0.29, 0.717) is 24.5 Å². The molecule has 6 heteroatoms. The van der Waals surface area contributed by atoms with Crippen LogP contribution in [0.5, 0.6) is 5.75 Å². The van der Waals surface area contributed by atoms with Crippen molar-refractivity contribution in [2.45, 2.75) is 0 Å². The summed E-state index contributed by atoms with van der Waals surface area (Å²) >= 11 is 0. The number of methoxy groups -OCH3 is 1. The van der Waals surface area contributed by atoms with E-state index in [4.69, 9.17) is 9.47 Å². The summed E-state index contributed by atoms with van der Waals surface area (Å²) in [5, 5.41) is 4.80. The van der Waals surface area contributed by atoms with Gasteiger partial charge in [0.1, 0.15) is 11.6 Å². The van der Waals surface area contributed by atoms with Crippen molar-refractivity contribution < 1.29 is 14.3 Å². The molecular weight excluding hydrogens is 342 g/mol. The van der Waals surface area contributed by atoms with Crippen LogP contribution in [0.2, 0.25) is 0 Å². The summed E-state index contributed by atoms with van der Waals surface area (Å²) < 4.78 is 10.6. The molecule has 2 heterocycles. The number of fused-ring (bicyclic) bond motifs is 1. The summed E-state index contributed by atoms with van der Waals surface area (Å²) in [5.74, 6) is 1.46. The Hall–Kier alpha value is -3.12. The first-order valence-electron chi connectivity index (χ1n) is 8.92. The molecule has 1 aliphatic heterocycles. The number of ether oxygens (including phenoxy) is 2. The van der Waals surface area contributed by atoms with Crippen molar-refractivity contribution in [3.05, 3.63) is 60.3 Å². The Kier molecular flexibility index (Phi) is 4.89. The number of nitrogens with zero attached hydrogens (tertiary/aromatic N) is 2. The van der Waals surface area contributed by atoms with Crippen LogP contribution in [-0.4, -0.2) is 44.3 Å². The van der Waals surface area contributed by atoms with E-state index in [1.807, 2.05) is 48.5 Å². The first-order valence-corrected chi connectivity index (χ1v) is 8.92. The number of nitrogens with one attached hydrogen (secondary N) is 1. The molecule has 1 fully saturated rings. The number of benzene rings is 2. The lowest BCUT2D eigenvalue weighted by atomic mass is 10.1. The van der Waals surface area contributed by atoms with Gasteiger partial charge in [-0.05, 0) is 29.7 Å². The summed E-state index contributed by atoms with van der Waals surface area (Å²) in [6.45, 7) is 2.98. The fraction of sp³-hybridized carbons (Fsp3) is 0.238. The van der Waals surface area contributed by atoms with E-state index < -0.39 is 0 Å². The third-order valence-electron chi connectivity index (χ3n) is 4.68. The van der Waals surface area contributed by atoms with Crippen molar-refractivity contribution in [3.8, 4) is 5.75 Å². The Labute approximate surface area is 157 Å². The second-order valence-electron chi connectivity index (χ2n) is 6.32. The van der Waals surface area contributed by atoms with E-state index in [1.54, 1.807) is 13.3 Å². The normalized spacial score (nSPS) is 14.2. The molecular formula is C21H21N3O3. The first-order chi connectivity index (χ1) is 13.3. The van der Waals surface area contributed by atoms with Crippen LogP contribution in [0.25, 0.3) is 10.8 Å². The zero-order valence-electron chi connectivity index (χ0n) is 15.1. The van der Waals surface area contributed by atoms with Gasteiger partial charge in [0.2, 0.25) is 0 Å². The van der Waals surface area contributed by atoms with E-state index in [0.717, 1.165) is 35.4 Å². The van der Waals surface area contributed by atoms with E-state index in [-0.39, 0.29) is 5.91 Å². The smallest absolute Gasteiger partial charge is 0.257 e. The third-order valence-corrected chi connectivity index (χ3v) is 4.68. The summed E-state index contributed by atoms with van der Waals surface area (Å²) in [7, 11) is 1.61. The molecule has 6 nitrogen and oxygen atoms in total. The maximum Gasteiger partial charge on any atom is 0.257 e. The minimum Gasteiger partial charge on any atom is -0.497 e. The van der Waals surface area contributed by atoms with E-state index in [2.05, 4.69) is 15.2 Å². The van der Waals surface area contributed by atoms with Crippen LogP contribution in [0, 0.1) is 0 Å². The van der Waals surface area contributed by atoms with Gasteiger partial charge >= 0.3 is 0 Å². The van der Waals surface area contributed by atoms with Gasteiger partial charge in [0.05, 0.1) is 25.9 Å². The van der Waals surface area contributed by atoms with Crippen LogP contribution in [0.15, 0.2) is 54.7 Å².